The topological polar surface area (TPSA) is 37.3 Å². The summed E-state index contributed by atoms with van der Waals surface area (Å²) in [6.07, 6.45) is 0. The Bertz CT molecular complexity index is 36.7. The van der Waals surface area contributed by atoms with Crippen molar-refractivity contribution in [3.63, 3.8) is 0 Å². The predicted octanol–water partition coefficient (Wildman–Crippen LogP) is 0.508. The van der Waals surface area contributed by atoms with Crippen LogP contribution in [0, 0.1) is 0 Å². The first-order valence-corrected chi connectivity index (χ1v) is 0.928. The summed E-state index contributed by atoms with van der Waals surface area (Å²) in [5, 5.41) is 7.42. The number of halogens is 1. The summed E-state index contributed by atoms with van der Waals surface area (Å²) in [5.74, 6) is -0.833. The van der Waals surface area contributed by atoms with Crippen LogP contribution < -0.4 is 0 Å². The Balaban J connectivity index is -0.0000000150. The molecule has 0 heterocycles. The SMILES string of the molecule is CC(=O)O.Cl.[Fe].[Fe]. The molecule has 0 amide bonds. The molecule has 7 heavy (non-hydrogen) atoms. The van der Waals surface area contributed by atoms with Crippen LogP contribution in [-0.2, 0) is 38.9 Å². The molecule has 0 aliphatic heterocycles. The van der Waals surface area contributed by atoms with Crippen LogP contribution in [0.2, 0.25) is 0 Å². The fourth-order valence-corrected chi connectivity index (χ4v) is 0. The smallest absolute Gasteiger partial charge is 0.300 e. The second-order valence-electron chi connectivity index (χ2n) is 0.519. The number of carboxylic acid groups (broad SMARTS) is 1. The van der Waals surface area contributed by atoms with Crippen LogP contribution in [0.5, 0.6) is 0 Å². The summed E-state index contributed by atoms with van der Waals surface area (Å²) in [6, 6.07) is 0. The molecule has 0 radical (unpaired) electrons. The molecular formula is C2H5ClFe2O2. The molecule has 5 heteroatoms. The summed E-state index contributed by atoms with van der Waals surface area (Å²) in [7, 11) is 0. The number of rotatable bonds is 0. The van der Waals surface area contributed by atoms with Gasteiger partial charge in [0.05, 0.1) is 0 Å². The zero-order chi connectivity index (χ0) is 3.58. The molecule has 0 aromatic rings. The monoisotopic (exact) mass is 208 g/mol. The van der Waals surface area contributed by atoms with E-state index in [9.17, 15) is 0 Å². The molecule has 0 saturated carbocycles. The van der Waals surface area contributed by atoms with Crippen molar-refractivity contribution >= 4 is 18.4 Å². The molecule has 0 unspecified atom stereocenters. The Hall–Kier alpha value is 0.799. The van der Waals surface area contributed by atoms with Crippen LogP contribution in [0.15, 0.2) is 0 Å². The molecule has 0 saturated heterocycles. The summed E-state index contributed by atoms with van der Waals surface area (Å²) < 4.78 is 0. The van der Waals surface area contributed by atoms with Gasteiger partial charge >= 0.3 is 0 Å². The van der Waals surface area contributed by atoms with Crippen LogP contribution >= 0.6 is 12.4 Å². The predicted molar refractivity (Wildman–Crippen MR) is 20.6 cm³/mol. The standard InChI is InChI=1S/C2H4O2.ClH.2Fe/c1-2(3)4;;;/h1H3,(H,3,4);1H;;. The van der Waals surface area contributed by atoms with Gasteiger partial charge in [-0.3, -0.25) is 4.79 Å². The molecule has 1 N–H and O–H groups in total. The second kappa shape index (κ2) is 15.8. The van der Waals surface area contributed by atoms with Crippen molar-refractivity contribution < 1.29 is 44.0 Å². The third-order valence-electron chi connectivity index (χ3n) is 0. The van der Waals surface area contributed by atoms with Crippen molar-refractivity contribution in [2.75, 3.05) is 0 Å². The number of hydrogen-bond donors (Lipinski definition) is 1. The molecule has 0 spiro atoms. The van der Waals surface area contributed by atoms with E-state index < -0.39 is 5.97 Å². The summed E-state index contributed by atoms with van der Waals surface area (Å²) in [5.41, 5.74) is 0. The van der Waals surface area contributed by atoms with Crippen molar-refractivity contribution in [2.45, 2.75) is 6.92 Å². The molecule has 0 bridgehead atoms. The fourth-order valence-electron chi connectivity index (χ4n) is 0. The van der Waals surface area contributed by atoms with E-state index >= 15 is 0 Å². The van der Waals surface area contributed by atoms with E-state index in [1.54, 1.807) is 0 Å². The molecule has 0 aliphatic carbocycles. The number of carboxylic acids is 1. The first kappa shape index (κ1) is 25.0. The van der Waals surface area contributed by atoms with Gasteiger partial charge in [-0.2, -0.15) is 0 Å². The Kier molecular flexibility index (Phi) is 56.5. The minimum atomic E-state index is -0.833. The van der Waals surface area contributed by atoms with Crippen LogP contribution in [0.4, 0.5) is 0 Å². The van der Waals surface area contributed by atoms with E-state index in [4.69, 9.17) is 9.90 Å². The Labute approximate surface area is 69.4 Å². The largest absolute Gasteiger partial charge is 0.481 e. The van der Waals surface area contributed by atoms with Gasteiger partial charge in [0.25, 0.3) is 5.97 Å². The van der Waals surface area contributed by atoms with Crippen LogP contribution in [-0.4, -0.2) is 11.1 Å². The van der Waals surface area contributed by atoms with Gasteiger partial charge in [0, 0.05) is 41.1 Å². The minimum absolute atomic E-state index is 0. The molecule has 0 aromatic carbocycles. The third kappa shape index (κ3) is 245. The summed E-state index contributed by atoms with van der Waals surface area (Å²) in [6.45, 7) is 1.08. The first-order chi connectivity index (χ1) is 1.73. The summed E-state index contributed by atoms with van der Waals surface area (Å²) in [4.78, 5) is 9.00. The molecule has 48 valence electrons. The van der Waals surface area contributed by atoms with Crippen molar-refractivity contribution in [3.8, 4) is 0 Å². The van der Waals surface area contributed by atoms with Crippen LogP contribution in [0.1, 0.15) is 6.92 Å². The van der Waals surface area contributed by atoms with Crippen molar-refractivity contribution in [1.82, 2.24) is 0 Å². The molecule has 0 fully saturated rings. The second-order valence-corrected chi connectivity index (χ2v) is 0.519. The van der Waals surface area contributed by atoms with E-state index in [0.29, 0.717) is 0 Å². The zero-order valence-corrected chi connectivity index (χ0v) is 6.50. The summed E-state index contributed by atoms with van der Waals surface area (Å²) >= 11 is 0. The van der Waals surface area contributed by atoms with Crippen LogP contribution in [0.3, 0.4) is 0 Å². The van der Waals surface area contributed by atoms with Crippen molar-refractivity contribution in [1.29, 1.82) is 0 Å². The van der Waals surface area contributed by atoms with Gasteiger partial charge in [0.1, 0.15) is 0 Å². The fraction of sp³-hybridized carbons (Fsp3) is 0.500. The molecular weight excluding hydrogens is 203 g/mol. The van der Waals surface area contributed by atoms with Gasteiger partial charge in [-0.15, -0.1) is 12.4 Å². The van der Waals surface area contributed by atoms with Gasteiger partial charge in [0.15, 0.2) is 0 Å². The maximum Gasteiger partial charge on any atom is 0.300 e. The van der Waals surface area contributed by atoms with Gasteiger partial charge < -0.3 is 5.11 Å². The first-order valence-electron chi connectivity index (χ1n) is 0.928. The number of aliphatic carboxylic acids is 1. The quantitative estimate of drug-likeness (QED) is 0.589. The third-order valence-corrected chi connectivity index (χ3v) is 0. The Morgan fingerprint density at radius 3 is 1.43 bits per heavy atom. The van der Waals surface area contributed by atoms with Crippen LogP contribution in [0.25, 0.3) is 0 Å². The number of hydrogen-bond acceptors (Lipinski definition) is 1. The molecule has 0 rings (SSSR count). The zero-order valence-electron chi connectivity index (χ0n) is 3.47. The van der Waals surface area contributed by atoms with E-state index in [1.165, 1.54) is 0 Å². The van der Waals surface area contributed by atoms with Gasteiger partial charge in [-0.05, 0) is 0 Å². The molecule has 0 aromatic heterocycles. The van der Waals surface area contributed by atoms with E-state index in [2.05, 4.69) is 0 Å². The van der Waals surface area contributed by atoms with Gasteiger partial charge in [-0.1, -0.05) is 0 Å². The number of carbonyl (C=O) groups is 1. The maximum atomic E-state index is 9.00. The Morgan fingerprint density at radius 2 is 1.43 bits per heavy atom. The molecule has 2 nitrogen and oxygen atoms in total. The van der Waals surface area contributed by atoms with Gasteiger partial charge in [0.2, 0.25) is 0 Å². The van der Waals surface area contributed by atoms with Crippen molar-refractivity contribution in [3.05, 3.63) is 0 Å². The normalized spacial score (nSPS) is 3.57. The Morgan fingerprint density at radius 1 is 1.43 bits per heavy atom. The molecule has 0 aliphatic rings. The molecule has 0 atom stereocenters. The van der Waals surface area contributed by atoms with Crippen molar-refractivity contribution in [2.24, 2.45) is 0 Å². The van der Waals surface area contributed by atoms with E-state index in [1.807, 2.05) is 0 Å². The average Bonchev–Trinajstić information content (AvgIpc) is 0.811. The average molecular weight is 208 g/mol. The van der Waals surface area contributed by atoms with E-state index in [0.717, 1.165) is 6.92 Å². The minimum Gasteiger partial charge on any atom is -0.481 e. The van der Waals surface area contributed by atoms with E-state index in [-0.39, 0.29) is 46.5 Å². The maximum absolute atomic E-state index is 9.00. The van der Waals surface area contributed by atoms with Gasteiger partial charge in [-0.25, -0.2) is 0 Å².